The molecule has 3 aromatic carbocycles. The van der Waals surface area contributed by atoms with E-state index in [1.807, 2.05) is 12.1 Å². The number of anilines is 2. The summed E-state index contributed by atoms with van der Waals surface area (Å²) in [5.41, 5.74) is 4.42. The zero-order valence-electron chi connectivity index (χ0n) is 35.4. The molecule has 0 unspecified atom stereocenters. The van der Waals surface area contributed by atoms with Gasteiger partial charge in [-0.2, -0.15) is 0 Å². The van der Waals surface area contributed by atoms with E-state index in [0.29, 0.717) is 42.1 Å². The van der Waals surface area contributed by atoms with Gasteiger partial charge in [0, 0.05) is 73.9 Å². The molecule has 1 amide bonds. The molecule has 0 bridgehead atoms. The highest BCUT2D eigenvalue weighted by molar-refractivity contribution is 7.90. The SMILES string of the molecule is CCc1ccccc1[C@@H]1CCCN1C1CC2(CCN(c3ccc(C(=O)NS(=O)(=O)c4cc5c(c([N+](=O)[O-])c4)N[C@H](C4CCOCC4)CO5)c(Oc4cnc5[nH]ccc5c4)c3)CC2)C1. The van der Waals surface area contributed by atoms with Crippen molar-refractivity contribution < 1.29 is 32.3 Å². The number of nitro groups is 1. The van der Waals surface area contributed by atoms with E-state index in [0.717, 1.165) is 68.9 Å². The predicted octanol–water partition coefficient (Wildman–Crippen LogP) is 8.13. The second kappa shape index (κ2) is 16.8. The van der Waals surface area contributed by atoms with Crippen molar-refractivity contribution in [3.05, 3.63) is 106 Å². The molecular weight excluding hydrogens is 823 g/mol. The van der Waals surface area contributed by atoms with Crippen LogP contribution >= 0.6 is 0 Å². The van der Waals surface area contributed by atoms with Crippen molar-refractivity contribution in [1.29, 1.82) is 0 Å². The summed E-state index contributed by atoms with van der Waals surface area (Å²) in [7, 11) is -4.63. The number of likely N-dealkylation sites (tertiary alicyclic amines) is 1. The van der Waals surface area contributed by atoms with E-state index in [1.54, 1.807) is 30.6 Å². The number of piperidine rings is 1. The highest BCUT2D eigenvalue weighted by Crippen LogP contribution is 2.54. The molecule has 5 aromatic rings. The molecule has 4 aliphatic heterocycles. The molecule has 6 heterocycles. The molecule has 10 rings (SSSR count). The predicted molar refractivity (Wildman–Crippen MR) is 238 cm³/mol. The minimum absolute atomic E-state index is 0.0266. The van der Waals surface area contributed by atoms with Gasteiger partial charge in [-0.25, -0.2) is 18.1 Å². The maximum Gasteiger partial charge on any atom is 0.297 e. The minimum atomic E-state index is -4.63. The molecule has 3 saturated heterocycles. The number of amides is 1. The van der Waals surface area contributed by atoms with E-state index in [9.17, 15) is 23.3 Å². The molecule has 4 fully saturated rings. The molecule has 2 aromatic heterocycles. The summed E-state index contributed by atoms with van der Waals surface area (Å²) in [6.45, 7) is 6.48. The van der Waals surface area contributed by atoms with Crippen LogP contribution in [0.2, 0.25) is 0 Å². The number of nitro benzene ring substituents is 1. The Balaban J connectivity index is 0.863. The molecule has 5 aliphatic rings. The van der Waals surface area contributed by atoms with Gasteiger partial charge in [0.25, 0.3) is 21.6 Å². The van der Waals surface area contributed by atoms with Crippen LogP contribution in [0.4, 0.5) is 17.1 Å². The van der Waals surface area contributed by atoms with Crippen LogP contribution in [0.3, 0.4) is 0 Å². The number of rotatable bonds is 11. The van der Waals surface area contributed by atoms with Gasteiger partial charge in [0.15, 0.2) is 11.4 Å². The molecule has 3 N–H and O–H groups in total. The number of fused-ring (bicyclic) bond motifs is 2. The van der Waals surface area contributed by atoms with Crippen LogP contribution in [0.5, 0.6) is 17.2 Å². The Morgan fingerprint density at radius 1 is 1.03 bits per heavy atom. The van der Waals surface area contributed by atoms with Crippen LogP contribution in [0.1, 0.15) is 85.8 Å². The Bertz CT molecular complexity index is 2650. The van der Waals surface area contributed by atoms with Crippen LogP contribution in [-0.2, 0) is 21.2 Å². The van der Waals surface area contributed by atoms with Gasteiger partial charge >= 0.3 is 0 Å². The topological polar surface area (TPSA) is 181 Å². The largest absolute Gasteiger partial charge is 0.489 e. The Morgan fingerprint density at radius 2 is 1.84 bits per heavy atom. The molecule has 15 nitrogen and oxygen atoms in total. The first-order valence-electron chi connectivity index (χ1n) is 22.3. The normalized spacial score (nSPS) is 21.6. The number of sulfonamides is 1. The number of H-pyrrole nitrogens is 1. The Kier molecular flexibility index (Phi) is 11.0. The van der Waals surface area contributed by atoms with Crippen molar-refractivity contribution in [2.75, 3.05) is 49.7 Å². The van der Waals surface area contributed by atoms with Gasteiger partial charge in [0.1, 0.15) is 23.8 Å². The van der Waals surface area contributed by atoms with Gasteiger partial charge in [0.05, 0.1) is 27.6 Å². The molecule has 1 aliphatic carbocycles. The third-order valence-electron chi connectivity index (χ3n) is 14.3. The van der Waals surface area contributed by atoms with E-state index in [-0.39, 0.29) is 41.3 Å². The van der Waals surface area contributed by atoms with Crippen molar-refractivity contribution in [2.24, 2.45) is 11.3 Å². The van der Waals surface area contributed by atoms with Crippen LogP contribution < -0.4 is 24.4 Å². The number of nitrogens with one attached hydrogen (secondary N) is 3. The number of hydrogen-bond donors (Lipinski definition) is 3. The molecule has 1 spiro atoms. The van der Waals surface area contributed by atoms with Crippen molar-refractivity contribution in [3.63, 3.8) is 0 Å². The van der Waals surface area contributed by atoms with Gasteiger partial charge in [-0.1, -0.05) is 31.2 Å². The summed E-state index contributed by atoms with van der Waals surface area (Å²) in [6.07, 6.45) is 12.9. The van der Waals surface area contributed by atoms with Gasteiger partial charge < -0.3 is 29.4 Å². The van der Waals surface area contributed by atoms with Crippen molar-refractivity contribution in [1.82, 2.24) is 19.6 Å². The van der Waals surface area contributed by atoms with Crippen LogP contribution in [-0.4, -0.2) is 85.7 Å². The maximum absolute atomic E-state index is 14.1. The lowest BCUT2D eigenvalue weighted by Crippen LogP contribution is -2.54. The number of carbonyl (C=O) groups excluding carboxylic acids is 1. The van der Waals surface area contributed by atoms with E-state index < -0.39 is 31.4 Å². The molecule has 1 saturated carbocycles. The monoisotopic (exact) mass is 875 g/mol. The number of aryl methyl sites for hydroxylation is 1. The molecule has 16 heteroatoms. The molecule has 330 valence electrons. The van der Waals surface area contributed by atoms with Crippen molar-refractivity contribution >= 4 is 44.0 Å². The number of pyridine rings is 1. The van der Waals surface area contributed by atoms with E-state index in [1.165, 1.54) is 42.9 Å². The molecular formula is C47H53N7O8S. The van der Waals surface area contributed by atoms with Gasteiger partial charge in [-0.05, 0) is 111 Å². The second-order valence-corrected chi connectivity index (χ2v) is 19.6. The number of aromatic nitrogens is 2. The zero-order valence-corrected chi connectivity index (χ0v) is 36.2. The summed E-state index contributed by atoms with van der Waals surface area (Å²) in [4.78, 5) is 37.8. The summed E-state index contributed by atoms with van der Waals surface area (Å²) < 4.78 is 47.7. The van der Waals surface area contributed by atoms with Crippen LogP contribution in [0, 0.1) is 21.4 Å². The lowest BCUT2D eigenvalue weighted by atomic mass is 9.59. The number of carbonyl (C=O) groups is 1. The average molecular weight is 876 g/mol. The van der Waals surface area contributed by atoms with E-state index in [4.69, 9.17) is 14.2 Å². The zero-order chi connectivity index (χ0) is 43.3. The first kappa shape index (κ1) is 41.3. The fourth-order valence-electron chi connectivity index (χ4n) is 10.8. The van der Waals surface area contributed by atoms with Crippen molar-refractivity contribution in [2.45, 2.75) is 87.7 Å². The highest BCUT2D eigenvalue weighted by atomic mass is 32.2. The highest BCUT2D eigenvalue weighted by Gasteiger charge is 2.50. The standard InChI is InChI=1S/C47H53N7O8S/c1-2-30-6-3-4-7-37(30)40-8-5-17-53(40)34-26-47(27-34)14-18-52(19-15-47)33-9-10-38(42(23-33)62-35-22-32-11-16-48-45(32)49-28-35)46(55)51-63(58,59)36-24-41(54(56)57)44-43(25-36)61-29-39(50-44)31-12-20-60-21-13-31/h3-4,6-7,9-11,16,22-25,28,31,34,39-40,50H,2,5,8,12-15,17-21,26-27,29H2,1H3,(H,48,49)(H,51,55)/t39-,40-/m0/s1. The summed E-state index contributed by atoms with van der Waals surface area (Å²) >= 11 is 0. The summed E-state index contributed by atoms with van der Waals surface area (Å²) in [5, 5.41) is 16.3. The summed E-state index contributed by atoms with van der Waals surface area (Å²) in [6, 6.07) is 20.8. The number of benzene rings is 3. The number of nitrogens with zero attached hydrogens (tertiary/aromatic N) is 4. The van der Waals surface area contributed by atoms with E-state index >= 15 is 0 Å². The smallest absolute Gasteiger partial charge is 0.297 e. The van der Waals surface area contributed by atoms with E-state index in [2.05, 4.69) is 61.0 Å². The van der Waals surface area contributed by atoms with Crippen molar-refractivity contribution in [3.8, 4) is 17.2 Å². The van der Waals surface area contributed by atoms with Crippen LogP contribution in [0.25, 0.3) is 11.0 Å². The fourth-order valence-corrected chi connectivity index (χ4v) is 11.8. The molecule has 2 atom stereocenters. The lowest BCUT2D eigenvalue weighted by Gasteiger charge is -2.56. The Labute approximate surface area is 366 Å². The maximum atomic E-state index is 14.1. The Morgan fingerprint density at radius 3 is 2.63 bits per heavy atom. The van der Waals surface area contributed by atoms with Crippen LogP contribution in [0.15, 0.2) is 84.0 Å². The number of aromatic amines is 1. The third-order valence-corrected chi connectivity index (χ3v) is 15.6. The van der Waals surface area contributed by atoms with Gasteiger partial charge in [0.2, 0.25) is 0 Å². The lowest BCUT2D eigenvalue weighted by molar-refractivity contribution is -0.384. The quantitative estimate of drug-likeness (QED) is 0.0858. The van der Waals surface area contributed by atoms with Gasteiger partial charge in [-0.3, -0.25) is 19.8 Å². The first-order valence-corrected chi connectivity index (χ1v) is 23.7. The van der Waals surface area contributed by atoms with Gasteiger partial charge in [-0.15, -0.1) is 0 Å². The molecule has 0 radical (unpaired) electrons. The third kappa shape index (κ3) is 8.08. The minimum Gasteiger partial charge on any atom is -0.489 e. The fraction of sp³-hybridized carbons (Fsp3) is 0.447. The molecule has 63 heavy (non-hydrogen) atoms. The summed E-state index contributed by atoms with van der Waals surface area (Å²) in [5.74, 6) is -0.227. The number of hydrogen-bond acceptors (Lipinski definition) is 12. The Hall–Kier alpha value is -5.71. The average Bonchev–Trinajstić information content (AvgIpc) is 3.98. The second-order valence-electron chi connectivity index (χ2n) is 17.9. The number of ether oxygens (including phenoxy) is 3. The first-order chi connectivity index (χ1) is 30.6.